The van der Waals surface area contributed by atoms with Crippen molar-refractivity contribution in [2.75, 3.05) is 28.6 Å². The van der Waals surface area contributed by atoms with Gasteiger partial charge in [0.2, 0.25) is 11.8 Å². The first-order valence-electron chi connectivity index (χ1n) is 12.0. The van der Waals surface area contributed by atoms with Crippen LogP contribution in [0.15, 0.2) is 72.8 Å². The van der Waals surface area contributed by atoms with Crippen molar-refractivity contribution < 1.29 is 28.7 Å². The first-order chi connectivity index (χ1) is 18.3. The molecule has 5 amide bonds. The number of anilines is 3. The Balaban J connectivity index is 1.26. The Morgan fingerprint density at radius 2 is 1.42 bits per heavy atom. The van der Waals surface area contributed by atoms with Gasteiger partial charge in [-0.3, -0.25) is 33.8 Å². The topological polar surface area (TPSA) is 125 Å². The van der Waals surface area contributed by atoms with E-state index < -0.39 is 29.7 Å². The molecule has 5 rings (SSSR count). The zero-order valence-corrected chi connectivity index (χ0v) is 20.5. The smallest absolute Gasteiger partial charge is 0.268 e. The Morgan fingerprint density at radius 1 is 0.789 bits per heavy atom. The highest BCUT2D eigenvalue weighted by molar-refractivity contribution is 6.21. The van der Waals surface area contributed by atoms with Gasteiger partial charge in [0, 0.05) is 24.3 Å². The van der Waals surface area contributed by atoms with Crippen LogP contribution in [-0.2, 0) is 14.4 Å². The summed E-state index contributed by atoms with van der Waals surface area (Å²) in [5.74, 6) is -1.67. The number of benzene rings is 3. The molecule has 0 radical (unpaired) electrons. The lowest BCUT2D eigenvalue weighted by Gasteiger charge is -2.33. The Kier molecular flexibility index (Phi) is 6.61. The molecule has 2 N–H and O–H groups in total. The van der Waals surface area contributed by atoms with E-state index in [0.29, 0.717) is 33.9 Å². The van der Waals surface area contributed by atoms with Crippen molar-refractivity contribution in [1.29, 1.82) is 0 Å². The standard InChI is InChI=1S/C28H24N4O6/c1-17-26(35)32(16-25(34)29-18-7-3-2-4-8-18)22-15-19(11-12-23(22)38-17)30-24(33)13-14-31-27(36)20-9-5-6-10-21(20)28(31)37/h2-12,15,17H,13-14,16H2,1H3,(H,29,34)(H,30,33). The van der Waals surface area contributed by atoms with Crippen molar-refractivity contribution in [1.82, 2.24) is 4.90 Å². The summed E-state index contributed by atoms with van der Waals surface area (Å²) in [6, 6.07) is 20.2. The molecule has 0 saturated carbocycles. The molecule has 2 heterocycles. The number of nitrogens with zero attached hydrogens (tertiary/aromatic N) is 2. The Morgan fingerprint density at radius 3 is 2.11 bits per heavy atom. The third-order valence-electron chi connectivity index (χ3n) is 6.25. The summed E-state index contributed by atoms with van der Waals surface area (Å²) in [6.07, 6.45) is -0.898. The molecule has 0 spiro atoms. The second-order valence-corrected chi connectivity index (χ2v) is 8.89. The molecular formula is C28H24N4O6. The van der Waals surface area contributed by atoms with Crippen LogP contribution in [0.5, 0.6) is 5.75 Å². The van der Waals surface area contributed by atoms with Gasteiger partial charge in [-0.05, 0) is 49.4 Å². The predicted octanol–water partition coefficient (Wildman–Crippen LogP) is 3.06. The second-order valence-electron chi connectivity index (χ2n) is 8.89. The van der Waals surface area contributed by atoms with Crippen molar-refractivity contribution in [2.24, 2.45) is 0 Å². The number of rotatable bonds is 7. The van der Waals surface area contributed by atoms with Gasteiger partial charge >= 0.3 is 0 Å². The van der Waals surface area contributed by atoms with Crippen LogP contribution >= 0.6 is 0 Å². The molecule has 3 aromatic rings. The lowest BCUT2D eigenvalue weighted by atomic mass is 10.1. The lowest BCUT2D eigenvalue weighted by molar-refractivity contribution is -0.127. The van der Waals surface area contributed by atoms with Crippen molar-refractivity contribution in [3.63, 3.8) is 0 Å². The third-order valence-corrected chi connectivity index (χ3v) is 6.25. The summed E-state index contributed by atoms with van der Waals surface area (Å²) in [5.41, 5.74) is 1.96. The van der Waals surface area contributed by atoms with Gasteiger partial charge in [0.1, 0.15) is 12.3 Å². The summed E-state index contributed by atoms with van der Waals surface area (Å²) < 4.78 is 5.69. The summed E-state index contributed by atoms with van der Waals surface area (Å²) in [4.78, 5) is 65.6. The van der Waals surface area contributed by atoms with E-state index in [1.807, 2.05) is 6.07 Å². The van der Waals surface area contributed by atoms with E-state index >= 15 is 0 Å². The van der Waals surface area contributed by atoms with E-state index in [1.54, 1.807) is 73.7 Å². The number of ether oxygens (including phenoxy) is 1. The van der Waals surface area contributed by atoms with Crippen LogP contribution in [-0.4, -0.2) is 53.6 Å². The molecule has 0 fully saturated rings. The van der Waals surface area contributed by atoms with Crippen LogP contribution in [0, 0.1) is 0 Å². The zero-order valence-electron chi connectivity index (χ0n) is 20.5. The molecule has 0 bridgehead atoms. The molecule has 2 aliphatic heterocycles. The fraction of sp³-hybridized carbons (Fsp3) is 0.179. The fourth-order valence-corrected chi connectivity index (χ4v) is 4.39. The molecule has 10 nitrogen and oxygen atoms in total. The molecular weight excluding hydrogens is 488 g/mol. The van der Waals surface area contributed by atoms with Crippen LogP contribution in [0.2, 0.25) is 0 Å². The average molecular weight is 513 g/mol. The van der Waals surface area contributed by atoms with Gasteiger partial charge in [-0.25, -0.2) is 0 Å². The number of amides is 5. The van der Waals surface area contributed by atoms with Crippen molar-refractivity contribution in [3.8, 4) is 5.75 Å². The molecule has 192 valence electrons. The molecule has 38 heavy (non-hydrogen) atoms. The lowest BCUT2D eigenvalue weighted by Crippen LogP contribution is -2.47. The van der Waals surface area contributed by atoms with Gasteiger partial charge in [0.05, 0.1) is 16.8 Å². The van der Waals surface area contributed by atoms with Gasteiger partial charge in [-0.2, -0.15) is 0 Å². The monoisotopic (exact) mass is 512 g/mol. The third kappa shape index (κ3) is 4.83. The van der Waals surface area contributed by atoms with Crippen LogP contribution < -0.4 is 20.3 Å². The number of para-hydroxylation sites is 1. The summed E-state index contributed by atoms with van der Waals surface area (Å²) in [6.45, 7) is 1.28. The van der Waals surface area contributed by atoms with Crippen LogP contribution in [0.4, 0.5) is 17.1 Å². The maximum Gasteiger partial charge on any atom is 0.268 e. The maximum absolute atomic E-state index is 12.9. The molecule has 0 saturated heterocycles. The second kappa shape index (κ2) is 10.2. The predicted molar refractivity (Wildman–Crippen MR) is 139 cm³/mol. The highest BCUT2D eigenvalue weighted by Crippen LogP contribution is 2.36. The molecule has 10 heteroatoms. The van der Waals surface area contributed by atoms with E-state index in [-0.39, 0.29) is 25.4 Å². The van der Waals surface area contributed by atoms with Crippen LogP contribution in [0.25, 0.3) is 0 Å². The Labute approximate surface area is 218 Å². The van der Waals surface area contributed by atoms with Gasteiger partial charge in [0.15, 0.2) is 6.10 Å². The number of fused-ring (bicyclic) bond motifs is 2. The average Bonchev–Trinajstić information content (AvgIpc) is 3.15. The number of carbonyl (C=O) groups excluding carboxylic acids is 5. The maximum atomic E-state index is 12.9. The zero-order chi connectivity index (χ0) is 26.8. The van der Waals surface area contributed by atoms with E-state index in [1.165, 1.54) is 4.90 Å². The number of carbonyl (C=O) groups is 5. The number of nitrogens with one attached hydrogen (secondary N) is 2. The number of hydrogen-bond acceptors (Lipinski definition) is 6. The van der Waals surface area contributed by atoms with Crippen molar-refractivity contribution in [2.45, 2.75) is 19.4 Å². The molecule has 0 aromatic heterocycles. The van der Waals surface area contributed by atoms with E-state index in [2.05, 4.69) is 10.6 Å². The van der Waals surface area contributed by atoms with Crippen molar-refractivity contribution in [3.05, 3.63) is 83.9 Å². The SMILES string of the molecule is CC1Oc2ccc(NC(=O)CCN3C(=O)c4ccccc4C3=O)cc2N(CC(=O)Nc2ccccc2)C1=O. The Hall–Kier alpha value is -4.99. The summed E-state index contributed by atoms with van der Waals surface area (Å²) in [5, 5.41) is 5.48. The van der Waals surface area contributed by atoms with Gasteiger partial charge in [0.25, 0.3) is 17.7 Å². The fourth-order valence-electron chi connectivity index (χ4n) is 4.39. The minimum Gasteiger partial charge on any atom is -0.479 e. The van der Waals surface area contributed by atoms with Crippen LogP contribution in [0.1, 0.15) is 34.1 Å². The summed E-state index contributed by atoms with van der Waals surface area (Å²) >= 11 is 0. The minimum absolute atomic E-state index is 0.0754. The van der Waals surface area contributed by atoms with Gasteiger partial charge in [-0.1, -0.05) is 30.3 Å². The number of hydrogen-bond donors (Lipinski definition) is 2. The van der Waals surface area contributed by atoms with Gasteiger partial charge in [-0.15, -0.1) is 0 Å². The van der Waals surface area contributed by atoms with E-state index in [0.717, 1.165) is 4.90 Å². The van der Waals surface area contributed by atoms with Gasteiger partial charge < -0.3 is 15.4 Å². The molecule has 0 aliphatic carbocycles. The van der Waals surface area contributed by atoms with Crippen molar-refractivity contribution >= 4 is 46.6 Å². The Bertz CT molecular complexity index is 1420. The van der Waals surface area contributed by atoms with E-state index in [4.69, 9.17) is 4.74 Å². The first kappa shape index (κ1) is 24.7. The highest BCUT2D eigenvalue weighted by atomic mass is 16.5. The highest BCUT2D eigenvalue weighted by Gasteiger charge is 2.35. The summed E-state index contributed by atoms with van der Waals surface area (Å²) in [7, 11) is 0. The first-order valence-corrected chi connectivity index (χ1v) is 12.0. The number of imide groups is 1. The van der Waals surface area contributed by atoms with E-state index in [9.17, 15) is 24.0 Å². The molecule has 1 atom stereocenters. The normalized spacial score (nSPS) is 16.0. The molecule has 1 unspecified atom stereocenters. The quantitative estimate of drug-likeness (QED) is 0.469. The molecule has 2 aliphatic rings. The largest absolute Gasteiger partial charge is 0.479 e. The van der Waals surface area contributed by atoms with Crippen LogP contribution in [0.3, 0.4) is 0 Å². The molecule has 3 aromatic carbocycles. The minimum atomic E-state index is -0.785.